The zero-order chi connectivity index (χ0) is 24.7. The van der Waals surface area contributed by atoms with Gasteiger partial charge in [0.2, 0.25) is 0 Å². The Balaban J connectivity index is 1.47. The van der Waals surface area contributed by atoms with Crippen molar-refractivity contribution in [1.29, 1.82) is 0 Å². The number of rotatable bonds is 6. The summed E-state index contributed by atoms with van der Waals surface area (Å²) >= 11 is 0. The van der Waals surface area contributed by atoms with E-state index in [2.05, 4.69) is 27.7 Å². The van der Waals surface area contributed by atoms with Crippen molar-refractivity contribution in [2.75, 3.05) is 0 Å². The third kappa shape index (κ3) is 4.62. The highest BCUT2D eigenvalue weighted by Gasteiger charge is 2.38. The van der Waals surface area contributed by atoms with Crippen molar-refractivity contribution in [2.24, 2.45) is 0 Å². The second-order valence-electron chi connectivity index (χ2n) is 10.5. The Morgan fingerprint density at radius 2 is 1.11 bits per heavy atom. The van der Waals surface area contributed by atoms with Crippen LogP contribution in [0.25, 0.3) is 0 Å². The number of esters is 2. The van der Waals surface area contributed by atoms with Crippen molar-refractivity contribution in [1.82, 2.24) is 0 Å². The Bertz CT molecular complexity index is 1190. The van der Waals surface area contributed by atoms with Crippen LogP contribution in [0.5, 0.6) is 11.5 Å². The summed E-state index contributed by atoms with van der Waals surface area (Å²) < 4.78 is 11.8. The molecule has 0 spiro atoms. The highest BCUT2D eigenvalue weighted by Crippen LogP contribution is 2.55. The molecule has 0 N–H and O–H groups in total. The summed E-state index contributed by atoms with van der Waals surface area (Å²) in [7, 11) is 0. The number of benzene rings is 3. The second kappa shape index (κ2) is 9.33. The van der Waals surface area contributed by atoms with Gasteiger partial charge in [0.15, 0.2) is 11.5 Å². The predicted molar refractivity (Wildman–Crippen MR) is 137 cm³/mol. The zero-order valence-corrected chi connectivity index (χ0v) is 20.8. The molecule has 2 aliphatic carbocycles. The lowest BCUT2D eigenvalue weighted by Gasteiger charge is -2.19. The quantitative estimate of drug-likeness (QED) is 0.274. The third-order valence-corrected chi connectivity index (χ3v) is 7.44. The third-order valence-electron chi connectivity index (χ3n) is 7.44. The van der Waals surface area contributed by atoms with Gasteiger partial charge in [0.1, 0.15) is 0 Å². The van der Waals surface area contributed by atoms with Gasteiger partial charge in [-0.3, -0.25) is 0 Å². The zero-order valence-electron chi connectivity index (χ0n) is 20.8. The van der Waals surface area contributed by atoms with E-state index < -0.39 is 11.9 Å². The first-order chi connectivity index (χ1) is 16.8. The normalized spacial score (nSPS) is 18.1. The summed E-state index contributed by atoms with van der Waals surface area (Å²) in [6, 6.07) is 18.9. The summed E-state index contributed by atoms with van der Waals surface area (Å²) in [6.07, 6.45) is 3.43. The molecule has 2 unspecified atom stereocenters. The maximum atomic E-state index is 13.1. The Hall–Kier alpha value is -3.40. The fourth-order valence-corrected chi connectivity index (χ4v) is 5.37. The molecule has 2 atom stereocenters. The standard InChI is InChI=1S/C31H32O4/c1-18(2)20-7-5-9-24(13-20)30(32)34-28-16-26-22-11-12-23(15-22)27(26)17-29(28)35-31(33)25-10-6-8-21(14-25)19(3)4/h5-10,13-14,16-19,22-23H,11-12,15H2,1-4H3. The Morgan fingerprint density at radius 1 is 0.686 bits per heavy atom. The molecule has 5 rings (SSSR count). The first kappa shape index (κ1) is 23.3. The summed E-state index contributed by atoms with van der Waals surface area (Å²) in [6.45, 7) is 8.36. The number of hydrogen-bond acceptors (Lipinski definition) is 4. The fourth-order valence-electron chi connectivity index (χ4n) is 5.37. The topological polar surface area (TPSA) is 52.6 Å². The molecule has 0 amide bonds. The van der Waals surface area contributed by atoms with Gasteiger partial charge in [-0.2, -0.15) is 0 Å². The van der Waals surface area contributed by atoms with Crippen LogP contribution in [0.15, 0.2) is 60.7 Å². The van der Waals surface area contributed by atoms with Crippen molar-refractivity contribution in [2.45, 2.75) is 70.6 Å². The van der Waals surface area contributed by atoms with Crippen LogP contribution in [0.4, 0.5) is 0 Å². The van der Waals surface area contributed by atoms with E-state index in [0.717, 1.165) is 30.4 Å². The maximum absolute atomic E-state index is 13.1. The highest BCUT2D eigenvalue weighted by molar-refractivity contribution is 5.93. The molecule has 4 nitrogen and oxygen atoms in total. The van der Waals surface area contributed by atoms with Crippen molar-refractivity contribution in [3.8, 4) is 11.5 Å². The smallest absolute Gasteiger partial charge is 0.343 e. The number of carbonyl (C=O) groups is 2. The van der Waals surface area contributed by atoms with E-state index in [9.17, 15) is 9.59 Å². The van der Waals surface area contributed by atoms with E-state index in [1.807, 2.05) is 48.5 Å². The highest BCUT2D eigenvalue weighted by atomic mass is 16.6. The van der Waals surface area contributed by atoms with Crippen molar-refractivity contribution in [3.05, 3.63) is 94.0 Å². The monoisotopic (exact) mass is 468 g/mol. The van der Waals surface area contributed by atoms with Gasteiger partial charge in [-0.1, -0.05) is 52.0 Å². The van der Waals surface area contributed by atoms with Gasteiger partial charge in [-0.15, -0.1) is 0 Å². The van der Waals surface area contributed by atoms with Gasteiger partial charge >= 0.3 is 11.9 Å². The molecule has 3 aromatic rings. The summed E-state index contributed by atoms with van der Waals surface area (Å²) in [4.78, 5) is 26.2. The van der Waals surface area contributed by atoms with E-state index in [-0.39, 0.29) is 0 Å². The molecule has 1 fully saturated rings. The fraction of sp³-hybridized carbons (Fsp3) is 0.355. The van der Waals surface area contributed by atoms with Crippen LogP contribution in [-0.4, -0.2) is 11.9 Å². The summed E-state index contributed by atoms with van der Waals surface area (Å²) in [5.41, 5.74) is 5.56. The molecule has 0 aliphatic heterocycles. The van der Waals surface area contributed by atoms with Gasteiger partial charge in [-0.25, -0.2) is 9.59 Å². The lowest BCUT2D eigenvalue weighted by Crippen LogP contribution is -2.14. The minimum atomic E-state index is -0.449. The van der Waals surface area contributed by atoms with E-state index in [4.69, 9.17) is 9.47 Å². The Kier molecular flexibility index (Phi) is 6.22. The minimum absolute atomic E-state index is 0.302. The maximum Gasteiger partial charge on any atom is 0.343 e. The molecule has 35 heavy (non-hydrogen) atoms. The van der Waals surface area contributed by atoms with Crippen LogP contribution in [-0.2, 0) is 0 Å². The molecule has 4 heteroatoms. The number of fused-ring (bicyclic) bond motifs is 5. The molecular formula is C31H32O4. The summed E-state index contributed by atoms with van der Waals surface area (Å²) in [5, 5.41) is 0. The lowest BCUT2D eigenvalue weighted by atomic mass is 9.91. The van der Waals surface area contributed by atoms with Gasteiger partial charge in [0.05, 0.1) is 11.1 Å². The van der Waals surface area contributed by atoms with Gasteiger partial charge in [-0.05, 0) is 102 Å². The molecule has 0 aromatic heterocycles. The van der Waals surface area contributed by atoms with Crippen LogP contribution < -0.4 is 9.47 Å². The van der Waals surface area contributed by atoms with Gasteiger partial charge in [0.25, 0.3) is 0 Å². The Labute approximate surface area is 207 Å². The molecule has 0 saturated heterocycles. The predicted octanol–water partition coefficient (Wildman–Crippen LogP) is 7.74. The minimum Gasteiger partial charge on any atom is -0.419 e. The van der Waals surface area contributed by atoms with Crippen molar-refractivity contribution >= 4 is 11.9 Å². The first-order valence-electron chi connectivity index (χ1n) is 12.6. The van der Waals surface area contributed by atoms with Crippen molar-refractivity contribution in [3.63, 3.8) is 0 Å². The number of hydrogen-bond donors (Lipinski definition) is 0. The average molecular weight is 469 g/mol. The van der Waals surface area contributed by atoms with E-state index >= 15 is 0 Å². The van der Waals surface area contributed by atoms with E-state index in [1.54, 1.807) is 12.1 Å². The second-order valence-corrected chi connectivity index (χ2v) is 10.5. The molecule has 1 saturated carbocycles. The van der Waals surface area contributed by atoms with Crippen LogP contribution >= 0.6 is 0 Å². The SMILES string of the molecule is CC(C)c1cccc(C(=O)Oc2cc3c(cc2OC(=O)c2cccc(C(C)C)c2)C2CCC3C2)c1. The van der Waals surface area contributed by atoms with Crippen LogP contribution in [0.3, 0.4) is 0 Å². The molecule has 3 aromatic carbocycles. The summed E-state index contributed by atoms with van der Waals surface area (Å²) in [5.74, 6) is 1.31. The molecule has 2 bridgehead atoms. The average Bonchev–Trinajstić information content (AvgIpc) is 3.47. The van der Waals surface area contributed by atoms with Crippen LogP contribution in [0, 0.1) is 0 Å². The van der Waals surface area contributed by atoms with Gasteiger partial charge < -0.3 is 9.47 Å². The van der Waals surface area contributed by atoms with Gasteiger partial charge in [0, 0.05) is 0 Å². The molecular weight excluding hydrogens is 436 g/mol. The Morgan fingerprint density at radius 3 is 1.51 bits per heavy atom. The first-order valence-corrected chi connectivity index (χ1v) is 12.6. The van der Waals surface area contributed by atoms with Crippen LogP contribution in [0.1, 0.15) is 114 Å². The van der Waals surface area contributed by atoms with Crippen LogP contribution in [0.2, 0.25) is 0 Å². The number of carbonyl (C=O) groups excluding carboxylic acids is 2. The molecule has 0 heterocycles. The largest absolute Gasteiger partial charge is 0.419 e. The molecule has 180 valence electrons. The molecule has 2 aliphatic rings. The lowest BCUT2D eigenvalue weighted by molar-refractivity contribution is 0.0682. The van der Waals surface area contributed by atoms with E-state index in [0.29, 0.717) is 46.3 Å². The molecule has 0 radical (unpaired) electrons. The number of ether oxygens (including phenoxy) is 2. The van der Waals surface area contributed by atoms with E-state index in [1.165, 1.54) is 11.1 Å². The van der Waals surface area contributed by atoms with Crippen molar-refractivity contribution < 1.29 is 19.1 Å².